The number of ether oxygens (including phenoxy) is 1. The lowest BCUT2D eigenvalue weighted by atomic mass is 10.1. The maximum absolute atomic E-state index is 13.0. The topological polar surface area (TPSA) is 29.5 Å². The van der Waals surface area contributed by atoms with Crippen molar-refractivity contribution in [2.24, 2.45) is 0 Å². The van der Waals surface area contributed by atoms with Crippen molar-refractivity contribution in [1.82, 2.24) is 4.90 Å². The number of nitrogens with zero attached hydrogens (tertiary/aromatic N) is 1. The van der Waals surface area contributed by atoms with Crippen LogP contribution in [-0.4, -0.2) is 21.2 Å². The van der Waals surface area contributed by atoms with Crippen LogP contribution in [0.3, 0.4) is 0 Å². The highest BCUT2D eigenvalue weighted by Gasteiger charge is 2.32. The summed E-state index contributed by atoms with van der Waals surface area (Å²) in [7, 11) is 0. The van der Waals surface area contributed by atoms with Crippen molar-refractivity contribution in [1.29, 1.82) is 0 Å². The van der Waals surface area contributed by atoms with Crippen molar-refractivity contribution in [3.8, 4) is 5.75 Å². The molecule has 0 aliphatic carbocycles. The molecule has 4 rings (SSSR count). The minimum atomic E-state index is -0.297. The van der Waals surface area contributed by atoms with Crippen LogP contribution < -0.4 is 4.74 Å². The summed E-state index contributed by atoms with van der Waals surface area (Å²) in [6.45, 7) is 2.39. The van der Waals surface area contributed by atoms with Gasteiger partial charge in [0.15, 0.2) is 0 Å². The quantitative estimate of drug-likeness (QED) is 0.573. The molecule has 0 saturated carbocycles. The molecule has 1 unspecified atom stereocenters. The number of fused-ring (bicyclic) bond motifs is 1. The SMILES string of the molecule is CC1Cc2cc(C=C3SC(=S)N(Cc4ccc(F)cc4)C3=O)ccc2O1. The van der Waals surface area contributed by atoms with E-state index >= 15 is 0 Å². The van der Waals surface area contributed by atoms with Gasteiger partial charge in [-0.1, -0.05) is 42.2 Å². The van der Waals surface area contributed by atoms with Gasteiger partial charge in [0.05, 0.1) is 11.4 Å². The Hall–Kier alpha value is -2.18. The molecule has 2 aliphatic rings. The van der Waals surface area contributed by atoms with Gasteiger partial charge in [-0.25, -0.2) is 4.39 Å². The third-order valence-corrected chi connectivity index (χ3v) is 5.72. The largest absolute Gasteiger partial charge is 0.490 e. The van der Waals surface area contributed by atoms with Crippen LogP contribution in [0.5, 0.6) is 5.75 Å². The zero-order chi connectivity index (χ0) is 18.3. The van der Waals surface area contributed by atoms with Gasteiger partial charge in [-0.05, 0) is 54.0 Å². The fourth-order valence-corrected chi connectivity index (χ4v) is 4.35. The van der Waals surface area contributed by atoms with E-state index in [1.165, 1.54) is 23.9 Å². The van der Waals surface area contributed by atoms with Gasteiger partial charge in [0.1, 0.15) is 22.0 Å². The van der Waals surface area contributed by atoms with Gasteiger partial charge in [-0.2, -0.15) is 0 Å². The molecule has 2 heterocycles. The smallest absolute Gasteiger partial charge is 0.266 e. The first-order chi connectivity index (χ1) is 12.5. The average Bonchev–Trinajstić information content (AvgIpc) is 3.10. The Bertz CT molecular complexity index is 924. The Labute approximate surface area is 160 Å². The van der Waals surface area contributed by atoms with Gasteiger partial charge in [0, 0.05) is 6.42 Å². The molecule has 0 aromatic heterocycles. The number of carbonyl (C=O) groups excluding carboxylic acids is 1. The predicted octanol–water partition coefficient (Wildman–Crippen LogP) is 4.55. The second-order valence-electron chi connectivity index (χ2n) is 6.39. The van der Waals surface area contributed by atoms with Crippen molar-refractivity contribution in [2.75, 3.05) is 0 Å². The molecule has 0 bridgehead atoms. The van der Waals surface area contributed by atoms with E-state index in [1.54, 1.807) is 17.0 Å². The first-order valence-corrected chi connectivity index (χ1v) is 9.51. The van der Waals surface area contributed by atoms with Crippen molar-refractivity contribution in [2.45, 2.75) is 26.0 Å². The zero-order valence-corrected chi connectivity index (χ0v) is 15.7. The summed E-state index contributed by atoms with van der Waals surface area (Å²) >= 11 is 6.66. The lowest BCUT2D eigenvalue weighted by Gasteiger charge is -2.14. The summed E-state index contributed by atoms with van der Waals surface area (Å²) in [4.78, 5) is 14.9. The number of rotatable bonds is 3. The molecule has 2 aromatic carbocycles. The highest BCUT2D eigenvalue weighted by molar-refractivity contribution is 8.26. The van der Waals surface area contributed by atoms with Crippen LogP contribution in [0.15, 0.2) is 47.4 Å². The number of hydrogen-bond donors (Lipinski definition) is 0. The Morgan fingerprint density at radius 1 is 1.31 bits per heavy atom. The highest BCUT2D eigenvalue weighted by atomic mass is 32.2. The summed E-state index contributed by atoms with van der Waals surface area (Å²) in [5.41, 5.74) is 2.96. The Morgan fingerprint density at radius 3 is 2.85 bits per heavy atom. The minimum absolute atomic E-state index is 0.116. The van der Waals surface area contributed by atoms with Gasteiger partial charge in [-0.3, -0.25) is 9.69 Å². The van der Waals surface area contributed by atoms with E-state index in [0.29, 0.717) is 15.8 Å². The molecule has 0 N–H and O–H groups in total. The summed E-state index contributed by atoms with van der Waals surface area (Å²) in [5, 5.41) is 0. The lowest BCUT2D eigenvalue weighted by Crippen LogP contribution is -2.27. The molecule has 3 nitrogen and oxygen atoms in total. The fraction of sp³-hybridized carbons (Fsp3) is 0.200. The first kappa shape index (κ1) is 17.2. The maximum Gasteiger partial charge on any atom is 0.266 e. The molecular weight excluding hydrogens is 369 g/mol. The number of benzene rings is 2. The molecule has 1 amide bonds. The number of halogens is 1. The summed E-state index contributed by atoms with van der Waals surface area (Å²) in [6.07, 6.45) is 2.93. The molecule has 1 saturated heterocycles. The second kappa shape index (κ2) is 6.85. The molecule has 1 atom stereocenters. The second-order valence-corrected chi connectivity index (χ2v) is 8.07. The van der Waals surface area contributed by atoms with Crippen LogP contribution >= 0.6 is 24.0 Å². The fourth-order valence-electron chi connectivity index (χ4n) is 3.09. The molecule has 26 heavy (non-hydrogen) atoms. The summed E-state index contributed by atoms with van der Waals surface area (Å²) in [5.74, 6) is 0.502. The standard InChI is InChI=1S/C20H16FNO2S2/c1-12-8-15-9-14(4-7-17(15)24-12)10-18-19(23)22(20(25)26-18)11-13-2-5-16(21)6-3-13/h2-7,9-10,12H,8,11H2,1H3. The Kier molecular flexibility index (Phi) is 4.54. The average molecular weight is 385 g/mol. The third kappa shape index (κ3) is 3.39. The van der Waals surface area contributed by atoms with Crippen molar-refractivity contribution >= 4 is 40.3 Å². The zero-order valence-electron chi connectivity index (χ0n) is 14.1. The van der Waals surface area contributed by atoms with Crippen LogP contribution in [0.4, 0.5) is 4.39 Å². The Balaban J connectivity index is 1.54. The van der Waals surface area contributed by atoms with Crippen LogP contribution in [0.25, 0.3) is 6.08 Å². The number of hydrogen-bond acceptors (Lipinski definition) is 4. The molecule has 2 aromatic rings. The Morgan fingerprint density at radius 2 is 2.08 bits per heavy atom. The molecule has 0 radical (unpaired) electrons. The monoisotopic (exact) mass is 385 g/mol. The molecule has 0 spiro atoms. The van der Waals surface area contributed by atoms with Crippen molar-refractivity contribution in [3.05, 3.63) is 69.9 Å². The summed E-state index contributed by atoms with van der Waals surface area (Å²) < 4.78 is 19.3. The number of thiocarbonyl (C=S) groups is 1. The molecule has 6 heteroatoms. The van der Waals surface area contributed by atoms with Crippen LogP contribution in [-0.2, 0) is 17.8 Å². The van der Waals surface area contributed by atoms with E-state index in [4.69, 9.17) is 17.0 Å². The number of thioether (sulfide) groups is 1. The first-order valence-electron chi connectivity index (χ1n) is 8.29. The van der Waals surface area contributed by atoms with E-state index < -0.39 is 0 Å². The van der Waals surface area contributed by atoms with Crippen molar-refractivity contribution < 1.29 is 13.9 Å². The highest BCUT2D eigenvalue weighted by Crippen LogP contribution is 2.35. The number of carbonyl (C=O) groups is 1. The van der Waals surface area contributed by atoms with E-state index in [9.17, 15) is 9.18 Å². The van der Waals surface area contributed by atoms with E-state index in [0.717, 1.165) is 28.9 Å². The van der Waals surface area contributed by atoms with E-state index in [2.05, 4.69) is 6.07 Å². The van der Waals surface area contributed by atoms with Crippen LogP contribution in [0.2, 0.25) is 0 Å². The normalized spacial score (nSPS) is 20.6. The van der Waals surface area contributed by atoms with E-state index in [1.807, 2.05) is 25.1 Å². The van der Waals surface area contributed by atoms with Gasteiger partial charge in [-0.15, -0.1) is 0 Å². The van der Waals surface area contributed by atoms with Gasteiger partial charge in [0.25, 0.3) is 5.91 Å². The van der Waals surface area contributed by atoms with Crippen LogP contribution in [0, 0.1) is 5.82 Å². The maximum atomic E-state index is 13.0. The van der Waals surface area contributed by atoms with Crippen LogP contribution in [0.1, 0.15) is 23.6 Å². The molecule has 2 aliphatic heterocycles. The van der Waals surface area contributed by atoms with Crippen molar-refractivity contribution in [3.63, 3.8) is 0 Å². The molecule has 132 valence electrons. The van der Waals surface area contributed by atoms with Gasteiger partial charge < -0.3 is 4.74 Å². The van der Waals surface area contributed by atoms with E-state index in [-0.39, 0.29) is 17.8 Å². The van der Waals surface area contributed by atoms with Gasteiger partial charge in [0.2, 0.25) is 0 Å². The lowest BCUT2D eigenvalue weighted by molar-refractivity contribution is -0.122. The minimum Gasteiger partial charge on any atom is -0.490 e. The number of amides is 1. The summed E-state index contributed by atoms with van der Waals surface area (Å²) in [6, 6.07) is 12.1. The molecular formula is C20H16FNO2S2. The predicted molar refractivity (Wildman–Crippen MR) is 105 cm³/mol. The molecule has 1 fully saturated rings. The van der Waals surface area contributed by atoms with Gasteiger partial charge >= 0.3 is 0 Å². The third-order valence-electron chi connectivity index (χ3n) is 4.35.